The lowest BCUT2D eigenvalue weighted by Gasteiger charge is -2.26. The van der Waals surface area contributed by atoms with Crippen molar-refractivity contribution in [1.82, 2.24) is 10.2 Å². The fourth-order valence-corrected chi connectivity index (χ4v) is 4.48. The number of hydrogen-bond acceptors (Lipinski definition) is 5. The summed E-state index contributed by atoms with van der Waals surface area (Å²) in [5, 5.41) is 6.47. The van der Waals surface area contributed by atoms with Crippen molar-refractivity contribution in [2.24, 2.45) is 0 Å². The number of nitrogens with one attached hydrogen (secondary N) is 2. The number of amides is 2. The second-order valence-corrected chi connectivity index (χ2v) is 8.89. The van der Waals surface area contributed by atoms with Gasteiger partial charge in [0, 0.05) is 54.7 Å². The lowest BCUT2D eigenvalue weighted by Crippen LogP contribution is -2.38. The number of halogens is 1. The third-order valence-corrected chi connectivity index (χ3v) is 6.31. The van der Waals surface area contributed by atoms with Crippen molar-refractivity contribution >= 4 is 34.8 Å². The SMILES string of the molecule is O=C(Nc1ccc(N2CCCC2)c(C(=O)NCCCN2CCOCC2)c1)c1cccc(Cl)c1. The number of carbonyl (C=O) groups is 2. The van der Waals surface area contributed by atoms with E-state index in [9.17, 15) is 9.59 Å². The molecule has 8 heteroatoms. The van der Waals surface area contributed by atoms with Gasteiger partial charge in [0.2, 0.25) is 0 Å². The van der Waals surface area contributed by atoms with Crippen LogP contribution in [0.1, 0.15) is 40.0 Å². The highest BCUT2D eigenvalue weighted by atomic mass is 35.5. The van der Waals surface area contributed by atoms with Crippen LogP contribution in [0.25, 0.3) is 0 Å². The molecule has 0 saturated carbocycles. The number of ether oxygens (including phenoxy) is 1. The van der Waals surface area contributed by atoms with Crippen molar-refractivity contribution in [3.63, 3.8) is 0 Å². The fraction of sp³-hybridized carbons (Fsp3) is 0.440. The molecule has 2 N–H and O–H groups in total. The van der Waals surface area contributed by atoms with E-state index in [2.05, 4.69) is 20.4 Å². The molecule has 176 valence electrons. The van der Waals surface area contributed by atoms with Gasteiger partial charge in [-0.1, -0.05) is 17.7 Å². The summed E-state index contributed by atoms with van der Waals surface area (Å²) < 4.78 is 5.38. The normalized spacial score (nSPS) is 16.6. The Kier molecular flexibility index (Phi) is 8.20. The Morgan fingerprint density at radius 2 is 1.76 bits per heavy atom. The van der Waals surface area contributed by atoms with Gasteiger partial charge in [0.15, 0.2) is 0 Å². The van der Waals surface area contributed by atoms with E-state index in [4.69, 9.17) is 16.3 Å². The summed E-state index contributed by atoms with van der Waals surface area (Å²) >= 11 is 6.01. The zero-order valence-electron chi connectivity index (χ0n) is 18.8. The summed E-state index contributed by atoms with van der Waals surface area (Å²) in [5.41, 5.74) is 2.56. The van der Waals surface area contributed by atoms with Crippen LogP contribution in [0.2, 0.25) is 5.02 Å². The van der Waals surface area contributed by atoms with Crippen LogP contribution in [0, 0.1) is 0 Å². The average molecular weight is 471 g/mol. The smallest absolute Gasteiger partial charge is 0.255 e. The molecule has 0 bridgehead atoms. The van der Waals surface area contributed by atoms with Crippen molar-refractivity contribution in [1.29, 1.82) is 0 Å². The summed E-state index contributed by atoms with van der Waals surface area (Å²) in [5.74, 6) is -0.374. The Morgan fingerprint density at radius 3 is 2.52 bits per heavy atom. The highest BCUT2D eigenvalue weighted by molar-refractivity contribution is 6.31. The Hall–Kier alpha value is -2.61. The Bertz CT molecular complexity index is 972. The molecule has 0 unspecified atom stereocenters. The molecule has 2 amide bonds. The maximum atomic E-state index is 13.1. The maximum absolute atomic E-state index is 13.1. The van der Waals surface area contributed by atoms with E-state index in [0.29, 0.717) is 28.4 Å². The topological polar surface area (TPSA) is 73.9 Å². The molecule has 2 aliphatic rings. The van der Waals surface area contributed by atoms with Crippen LogP contribution in [0.4, 0.5) is 11.4 Å². The number of morpholine rings is 1. The molecule has 0 atom stereocenters. The van der Waals surface area contributed by atoms with Crippen molar-refractivity contribution in [3.05, 3.63) is 58.6 Å². The summed E-state index contributed by atoms with van der Waals surface area (Å²) in [6, 6.07) is 12.4. The van der Waals surface area contributed by atoms with Gasteiger partial charge in [-0.15, -0.1) is 0 Å². The quantitative estimate of drug-likeness (QED) is 0.576. The standard InChI is InChI=1S/C25H31ClN4O3/c26-20-6-3-5-19(17-20)24(31)28-21-7-8-23(30-11-1-2-12-30)22(18-21)25(32)27-9-4-10-29-13-15-33-16-14-29/h3,5-8,17-18H,1-2,4,9-16H2,(H,27,32)(H,28,31). The van der Waals surface area contributed by atoms with Crippen LogP contribution in [0.15, 0.2) is 42.5 Å². The minimum absolute atomic E-state index is 0.113. The third kappa shape index (κ3) is 6.47. The molecule has 2 aromatic carbocycles. The van der Waals surface area contributed by atoms with Crippen LogP contribution in [0.5, 0.6) is 0 Å². The van der Waals surface area contributed by atoms with Gasteiger partial charge in [-0.25, -0.2) is 0 Å². The second kappa shape index (κ2) is 11.5. The zero-order chi connectivity index (χ0) is 23.0. The molecule has 0 spiro atoms. The molecule has 0 radical (unpaired) electrons. The highest BCUT2D eigenvalue weighted by Crippen LogP contribution is 2.28. The average Bonchev–Trinajstić information content (AvgIpc) is 3.37. The number of benzene rings is 2. The predicted molar refractivity (Wildman–Crippen MR) is 132 cm³/mol. The molecule has 2 heterocycles. The van der Waals surface area contributed by atoms with Gasteiger partial charge in [0.1, 0.15) is 0 Å². The largest absolute Gasteiger partial charge is 0.379 e. The van der Waals surface area contributed by atoms with Gasteiger partial charge < -0.3 is 20.3 Å². The number of carbonyl (C=O) groups excluding carboxylic acids is 2. The zero-order valence-corrected chi connectivity index (χ0v) is 19.6. The lowest BCUT2D eigenvalue weighted by atomic mass is 10.1. The summed E-state index contributed by atoms with van der Waals surface area (Å²) in [6.07, 6.45) is 3.12. The van der Waals surface area contributed by atoms with Crippen LogP contribution >= 0.6 is 11.6 Å². The van der Waals surface area contributed by atoms with Gasteiger partial charge in [-0.2, -0.15) is 0 Å². The molecule has 4 rings (SSSR count). The first-order chi connectivity index (χ1) is 16.1. The van der Waals surface area contributed by atoms with Crippen molar-refractivity contribution in [2.75, 3.05) is 62.7 Å². The molecule has 2 saturated heterocycles. The minimum atomic E-state index is -0.261. The van der Waals surface area contributed by atoms with E-state index in [0.717, 1.165) is 70.9 Å². The Morgan fingerprint density at radius 1 is 0.970 bits per heavy atom. The Labute approximate surface area is 200 Å². The van der Waals surface area contributed by atoms with Gasteiger partial charge in [0.25, 0.3) is 11.8 Å². The second-order valence-electron chi connectivity index (χ2n) is 8.45. The van der Waals surface area contributed by atoms with E-state index in [1.807, 2.05) is 12.1 Å². The Balaban J connectivity index is 1.43. The van der Waals surface area contributed by atoms with Crippen LogP contribution in [0.3, 0.4) is 0 Å². The molecule has 0 aromatic heterocycles. The predicted octanol–water partition coefficient (Wildman–Crippen LogP) is 3.64. The minimum Gasteiger partial charge on any atom is -0.379 e. The number of anilines is 2. The van der Waals surface area contributed by atoms with E-state index in [1.54, 1.807) is 30.3 Å². The van der Waals surface area contributed by atoms with Crippen LogP contribution in [-0.4, -0.2) is 69.2 Å². The van der Waals surface area contributed by atoms with Gasteiger partial charge in [0.05, 0.1) is 18.8 Å². The first-order valence-electron chi connectivity index (χ1n) is 11.6. The molecule has 2 aliphatic heterocycles. The van der Waals surface area contributed by atoms with Gasteiger partial charge in [-0.05, 0) is 62.2 Å². The number of rotatable bonds is 8. The first-order valence-corrected chi connectivity index (χ1v) is 12.0. The van der Waals surface area contributed by atoms with Gasteiger partial charge >= 0.3 is 0 Å². The monoisotopic (exact) mass is 470 g/mol. The highest BCUT2D eigenvalue weighted by Gasteiger charge is 2.21. The van der Waals surface area contributed by atoms with E-state index >= 15 is 0 Å². The molecule has 33 heavy (non-hydrogen) atoms. The molecule has 0 aliphatic carbocycles. The molecular weight excluding hydrogens is 440 g/mol. The van der Waals surface area contributed by atoms with E-state index < -0.39 is 0 Å². The number of nitrogens with zero attached hydrogens (tertiary/aromatic N) is 2. The molecular formula is C25H31ClN4O3. The summed E-state index contributed by atoms with van der Waals surface area (Å²) in [7, 11) is 0. The van der Waals surface area contributed by atoms with Crippen LogP contribution < -0.4 is 15.5 Å². The third-order valence-electron chi connectivity index (χ3n) is 6.07. The van der Waals surface area contributed by atoms with Crippen molar-refractivity contribution in [3.8, 4) is 0 Å². The van der Waals surface area contributed by atoms with E-state index in [-0.39, 0.29) is 11.8 Å². The number of hydrogen-bond donors (Lipinski definition) is 2. The van der Waals surface area contributed by atoms with E-state index in [1.165, 1.54) is 0 Å². The summed E-state index contributed by atoms with van der Waals surface area (Å²) in [4.78, 5) is 30.4. The summed E-state index contributed by atoms with van der Waals surface area (Å²) in [6.45, 7) is 6.87. The molecule has 7 nitrogen and oxygen atoms in total. The van der Waals surface area contributed by atoms with Crippen LogP contribution in [-0.2, 0) is 4.74 Å². The van der Waals surface area contributed by atoms with Crippen molar-refractivity contribution in [2.45, 2.75) is 19.3 Å². The first kappa shape index (κ1) is 23.5. The lowest BCUT2D eigenvalue weighted by molar-refractivity contribution is 0.0374. The fourth-order valence-electron chi connectivity index (χ4n) is 4.29. The molecule has 2 fully saturated rings. The van der Waals surface area contributed by atoms with Crippen molar-refractivity contribution < 1.29 is 14.3 Å². The maximum Gasteiger partial charge on any atom is 0.255 e. The van der Waals surface area contributed by atoms with Gasteiger partial charge in [-0.3, -0.25) is 14.5 Å². The molecule has 2 aromatic rings.